The van der Waals surface area contributed by atoms with Crippen molar-refractivity contribution in [1.29, 1.82) is 0 Å². The maximum absolute atomic E-state index is 12.9. The topological polar surface area (TPSA) is 92.3 Å². The molecule has 6 nitrogen and oxygen atoms in total. The third-order valence-electron chi connectivity index (χ3n) is 4.82. The van der Waals surface area contributed by atoms with Crippen LogP contribution in [0.5, 0.6) is 0 Å². The van der Waals surface area contributed by atoms with Gasteiger partial charge in [0.1, 0.15) is 0 Å². The standard InChI is InChI=1S/C21H24N2O4S2/c1-13-4-6-16(7-5-13)12-22-20(24)10-14(2)29(26,27)17-8-9-19-18(11-17)23-21(25)15(3)28-19/h4-9,11,14-15H,10,12H2,1-3H3,(H,22,24)(H,23,25)/t14-,15-/m1/s1. The van der Waals surface area contributed by atoms with Crippen LogP contribution in [-0.4, -0.2) is 30.7 Å². The van der Waals surface area contributed by atoms with Crippen LogP contribution in [0.4, 0.5) is 5.69 Å². The molecule has 3 rings (SSSR count). The van der Waals surface area contributed by atoms with Gasteiger partial charge in [-0.1, -0.05) is 29.8 Å². The summed E-state index contributed by atoms with van der Waals surface area (Å²) in [6.07, 6.45) is -0.135. The smallest absolute Gasteiger partial charge is 0.237 e. The molecule has 2 aromatic carbocycles. The van der Waals surface area contributed by atoms with Crippen molar-refractivity contribution >= 4 is 39.1 Å². The average molecular weight is 433 g/mol. The van der Waals surface area contributed by atoms with Gasteiger partial charge in [0.25, 0.3) is 0 Å². The largest absolute Gasteiger partial charge is 0.352 e. The summed E-state index contributed by atoms with van der Waals surface area (Å²) in [4.78, 5) is 25.1. The molecule has 0 radical (unpaired) electrons. The summed E-state index contributed by atoms with van der Waals surface area (Å²) in [6.45, 7) is 5.66. The van der Waals surface area contributed by atoms with Crippen molar-refractivity contribution in [1.82, 2.24) is 5.32 Å². The van der Waals surface area contributed by atoms with E-state index in [9.17, 15) is 18.0 Å². The molecule has 0 spiro atoms. The predicted molar refractivity (Wildman–Crippen MR) is 115 cm³/mol. The Morgan fingerprint density at radius 2 is 1.90 bits per heavy atom. The Kier molecular flexibility index (Phi) is 6.33. The minimum Gasteiger partial charge on any atom is -0.352 e. The number of rotatable bonds is 6. The quantitative estimate of drug-likeness (QED) is 0.731. The molecular weight excluding hydrogens is 408 g/mol. The van der Waals surface area contributed by atoms with Gasteiger partial charge in [-0.3, -0.25) is 9.59 Å². The minimum atomic E-state index is -3.71. The summed E-state index contributed by atoms with van der Waals surface area (Å²) in [6, 6.07) is 12.5. The molecular formula is C21H24N2O4S2. The molecule has 0 bridgehead atoms. The van der Waals surface area contributed by atoms with Crippen molar-refractivity contribution in [2.75, 3.05) is 5.32 Å². The SMILES string of the molecule is Cc1ccc(CNC(=O)C[C@@H](C)S(=O)(=O)c2ccc3c(c2)NC(=O)[C@@H](C)S3)cc1. The number of fused-ring (bicyclic) bond motifs is 1. The number of carbonyl (C=O) groups is 2. The van der Waals surface area contributed by atoms with Gasteiger partial charge in [-0.05, 0) is 44.5 Å². The van der Waals surface area contributed by atoms with E-state index < -0.39 is 15.1 Å². The lowest BCUT2D eigenvalue weighted by molar-refractivity contribution is -0.121. The lowest BCUT2D eigenvalue weighted by Crippen LogP contribution is -2.30. The molecule has 2 atom stereocenters. The van der Waals surface area contributed by atoms with Gasteiger partial charge in [-0.2, -0.15) is 0 Å². The maximum atomic E-state index is 12.9. The second kappa shape index (κ2) is 8.59. The molecule has 0 aromatic heterocycles. The number of thioether (sulfide) groups is 1. The molecule has 1 aliphatic rings. The second-order valence-corrected chi connectivity index (χ2v) is 11.0. The number of nitrogens with one attached hydrogen (secondary N) is 2. The van der Waals surface area contributed by atoms with E-state index in [0.717, 1.165) is 16.0 Å². The third kappa shape index (κ3) is 5.00. The van der Waals surface area contributed by atoms with Gasteiger partial charge >= 0.3 is 0 Å². The highest BCUT2D eigenvalue weighted by Crippen LogP contribution is 2.37. The number of amides is 2. The number of benzene rings is 2. The first-order valence-corrected chi connectivity index (χ1v) is 11.8. The van der Waals surface area contributed by atoms with Crippen LogP contribution in [0.15, 0.2) is 52.3 Å². The molecule has 154 valence electrons. The van der Waals surface area contributed by atoms with Crippen LogP contribution in [0.25, 0.3) is 0 Å². The van der Waals surface area contributed by atoms with Crippen molar-refractivity contribution in [3.63, 3.8) is 0 Å². The number of aryl methyl sites for hydroxylation is 1. The van der Waals surface area contributed by atoms with Crippen molar-refractivity contribution in [2.24, 2.45) is 0 Å². The summed E-state index contributed by atoms with van der Waals surface area (Å²) in [5, 5.41) is 4.40. The monoisotopic (exact) mass is 432 g/mol. The highest BCUT2D eigenvalue weighted by Gasteiger charge is 2.29. The first-order valence-electron chi connectivity index (χ1n) is 9.34. The molecule has 29 heavy (non-hydrogen) atoms. The Bertz CT molecular complexity index is 1030. The van der Waals surface area contributed by atoms with Gasteiger partial charge in [-0.15, -0.1) is 11.8 Å². The van der Waals surface area contributed by atoms with Crippen LogP contribution >= 0.6 is 11.8 Å². The second-order valence-electron chi connectivity index (χ2n) is 7.23. The molecule has 2 amide bonds. The van der Waals surface area contributed by atoms with E-state index in [4.69, 9.17) is 0 Å². The number of anilines is 1. The van der Waals surface area contributed by atoms with E-state index in [1.165, 1.54) is 30.8 Å². The maximum Gasteiger partial charge on any atom is 0.237 e. The van der Waals surface area contributed by atoms with Crippen LogP contribution in [0, 0.1) is 6.92 Å². The van der Waals surface area contributed by atoms with Crippen molar-refractivity contribution in [3.8, 4) is 0 Å². The zero-order valence-electron chi connectivity index (χ0n) is 16.6. The molecule has 0 aliphatic carbocycles. The summed E-state index contributed by atoms with van der Waals surface area (Å²) >= 11 is 1.39. The molecule has 0 saturated heterocycles. The summed E-state index contributed by atoms with van der Waals surface area (Å²) in [5.41, 5.74) is 2.58. The zero-order valence-corrected chi connectivity index (χ0v) is 18.2. The molecule has 1 heterocycles. The summed E-state index contributed by atoms with van der Waals surface area (Å²) in [5.74, 6) is -0.474. The van der Waals surface area contributed by atoms with E-state index in [1.807, 2.05) is 31.2 Å². The first-order chi connectivity index (χ1) is 13.7. The molecule has 0 fully saturated rings. The van der Waals surface area contributed by atoms with E-state index in [-0.39, 0.29) is 28.4 Å². The Labute approximate surface area is 175 Å². The first kappa shape index (κ1) is 21.4. The van der Waals surface area contributed by atoms with Crippen LogP contribution in [-0.2, 0) is 26.0 Å². The van der Waals surface area contributed by atoms with E-state index in [1.54, 1.807) is 13.0 Å². The van der Waals surface area contributed by atoms with Crippen LogP contribution in [0.1, 0.15) is 31.4 Å². The van der Waals surface area contributed by atoms with E-state index in [0.29, 0.717) is 12.2 Å². The normalized spacial score (nSPS) is 17.2. The Morgan fingerprint density at radius 1 is 1.21 bits per heavy atom. The van der Waals surface area contributed by atoms with Crippen LogP contribution in [0.3, 0.4) is 0 Å². The fourth-order valence-electron chi connectivity index (χ4n) is 2.95. The molecule has 1 aliphatic heterocycles. The minimum absolute atomic E-state index is 0.102. The zero-order chi connectivity index (χ0) is 21.2. The van der Waals surface area contributed by atoms with Gasteiger partial charge in [0.15, 0.2) is 9.84 Å². The fourth-order valence-corrected chi connectivity index (χ4v) is 5.25. The van der Waals surface area contributed by atoms with Gasteiger partial charge < -0.3 is 10.6 Å². The lowest BCUT2D eigenvalue weighted by atomic mass is 10.1. The molecule has 8 heteroatoms. The number of carbonyl (C=O) groups excluding carboxylic acids is 2. The van der Waals surface area contributed by atoms with Crippen molar-refractivity contribution in [3.05, 3.63) is 53.6 Å². The molecule has 2 N–H and O–H groups in total. The lowest BCUT2D eigenvalue weighted by Gasteiger charge is -2.22. The Morgan fingerprint density at radius 3 is 2.59 bits per heavy atom. The number of sulfone groups is 1. The highest BCUT2D eigenvalue weighted by atomic mass is 32.2. The summed E-state index contributed by atoms with van der Waals surface area (Å²) < 4.78 is 25.8. The fraction of sp³-hybridized carbons (Fsp3) is 0.333. The van der Waals surface area contributed by atoms with E-state index >= 15 is 0 Å². The molecule has 0 unspecified atom stereocenters. The highest BCUT2D eigenvalue weighted by molar-refractivity contribution is 8.01. The Balaban J connectivity index is 1.66. The van der Waals surface area contributed by atoms with Gasteiger partial charge in [0.2, 0.25) is 11.8 Å². The van der Waals surface area contributed by atoms with E-state index in [2.05, 4.69) is 10.6 Å². The van der Waals surface area contributed by atoms with Gasteiger partial charge in [0.05, 0.1) is 21.1 Å². The van der Waals surface area contributed by atoms with Gasteiger partial charge in [-0.25, -0.2) is 8.42 Å². The van der Waals surface area contributed by atoms with Crippen LogP contribution in [0.2, 0.25) is 0 Å². The number of hydrogen-bond acceptors (Lipinski definition) is 5. The Hall–Kier alpha value is -2.32. The van der Waals surface area contributed by atoms with Gasteiger partial charge in [0, 0.05) is 17.9 Å². The molecule has 2 aromatic rings. The number of hydrogen-bond donors (Lipinski definition) is 2. The predicted octanol–water partition coefficient (Wildman–Crippen LogP) is 3.30. The average Bonchev–Trinajstić information content (AvgIpc) is 2.68. The summed E-state index contributed by atoms with van der Waals surface area (Å²) in [7, 11) is -3.71. The third-order valence-corrected chi connectivity index (χ3v) is 8.14. The van der Waals surface area contributed by atoms with Crippen molar-refractivity contribution in [2.45, 2.75) is 54.0 Å². The van der Waals surface area contributed by atoms with Crippen molar-refractivity contribution < 1.29 is 18.0 Å². The van der Waals surface area contributed by atoms with Crippen LogP contribution < -0.4 is 10.6 Å². The molecule has 0 saturated carbocycles.